The van der Waals surface area contributed by atoms with Gasteiger partial charge in [-0.3, -0.25) is 0 Å². The Kier molecular flexibility index (Phi) is 8.42. The molecule has 0 unspecified atom stereocenters. The molecule has 0 radical (unpaired) electrons. The molecule has 1 nitrogen and oxygen atoms in total. The van der Waals surface area contributed by atoms with Crippen molar-refractivity contribution in [2.24, 2.45) is 17.8 Å². The third-order valence-electron chi connectivity index (χ3n) is 7.44. The Morgan fingerprint density at radius 3 is 1.80 bits per heavy atom. The van der Waals surface area contributed by atoms with Crippen LogP contribution in [0.25, 0.3) is 0 Å². The summed E-state index contributed by atoms with van der Waals surface area (Å²) >= 11 is 0. The molecule has 2 saturated carbocycles. The molecule has 0 aliphatic heterocycles. The van der Waals surface area contributed by atoms with E-state index < -0.39 is 11.7 Å². The zero-order valence-electron chi connectivity index (χ0n) is 17.8. The van der Waals surface area contributed by atoms with Crippen molar-refractivity contribution in [1.82, 2.24) is 0 Å². The van der Waals surface area contributed by atoms with Crippen molar-refractivity contribution in [2.75, 3.05) is 0 Å². The lowest BCUT2D eigenvalue weighted by Gasteiger charge is -2.32. The molecule has 3 rings (SSSR count). The van der Waals surface area contributed by atoms with Gasteiger partial charge in [0.25, 0.3) is 0 Å². The molecular weight excluding hydrogens is 383 g/mol. The van der Waals surface area contributed by atoms with Crippen LogP contribution in [0.15, 0.2) is 36.4 Å². The number of hydrogen-bond donors (Lipinski definition) is 0. The summed E-state index contributed by atoms with van der Waals surface area (Å²) in [6.07, 6.45) is 14.3. The summed E-state index contributed by atoms with van der Waals surface area (Å²) in [4.78, 5) is 0. The topological polar surface area (TPSA) is 23.8 Å². The van der Waals surface area contributed by atoms with Gasteiger partial charge in [0.1, 0.15) is 0 Å². The fraction of sp³-hybridized carbons (Fsp3) is 0.654. The number of hydrogen-bond acceptors (Lipinski definition) is 1. The van der Waals surface area contributed by atoms with E-state index >= 15 is 0 Å². The van der Waals surface area contributed by atoms with Gasteiger partial charge in [-0.2, -0.15) is 18.4 Å². The van der Waals surface area contributed by atoms with E-state index in [1.165, 1.54) is 69.9 Å². The third kappa shape index (κ3) is 6.89. The van der Waals surface area contributed by atoms with Gasteiger partial charge in [-0.05, 0) is 79.9 Å². The van der Waals surface area contributed by atoms with Crippen molar-refractivity contribution < 1.29 is 13.2 Å². The van der Waals surface area contributed by atoms with Gasteiger partial charge < -0.3 is 0 Å². The molecule has 0 aromatic heterocycles. The van der Waals surface area contributed by atoms with Gasteiger partial charge in [0, 0.05) is 6.08 Å². The van der Waals surface area contributed by atoms with Gasteiger partial charge >= 0.3 is 6.18 Å². The summed E-state index contributed by atoms with van der Waals surface area (Å²) in [6, 6.07) is 7.89. The van der Waals surface area contributed by atoms with Gasteiger partial charge in [0.2, 0.25) is 0 Å². The second-order valence-corrected chi connectivity index (χ2v) is 9.41. The molecule has 0 spiro atoms. The summed E-state index contributed by atoms with van der Waals surface area (Å²) in [5, 5.41) is 8.54. The standard InChI is InChI=1S/C26H34F3N/c27-26(28,29)25-17-15-24(16-18-25)23-13-11-22(12-14-23)10-9-21-7-5-20(6-8-21)4-2-1-3-19-30/h1,3,15-18,20-23H,2,4-14H2/b3-1+. The van der Waals surface area contributed by atoms with E-state index in [-0.39, 0.29) is 0 Å². The maximum absolute atomic E-state index is 12.7. The molecule has 30 heavy (non-hydrogen) atoms. The number of alkyl halides is 3. The first kappa shape index (κ1) is 22.9. The van der Waals surface area contributed by atoms with E-state index in [1.807, 2.05) is 6.08 Å². The maximum atomic E-state index is 12.7. The second-order valence-electron chi connectivity index (χ2n) is 9.41. The van der Waals surface area contributed by atoms with E-state index in [4.69, 9.17) is 5.26 Å². The molecule has 164 valence electrons. The quantitative estimate of drug-likeness (QED) is 0.408. The lowest BCUT2D eigenvalue weighted by molar-refractivity contribution is -0.137. The number of benzene rings is 1. The minimum Gasteiger partial charge on any atom is -0.193 e. The molecule has 1 aromatic carbocycles. The van der Waals surface area contributed by atoms with Crippen molar-refractivity contribution in [3.8, 4) is 6.07 Å². The highest BCUT2D eigenvalue weighted by Crippen LogP contribution is 2.41. The largest absolute Gasteiger partial charge is 0.416 e. The van der Waals surface area contributed by atoms with Crippen molar-refractivity contribution in [3.05, 3.63) is 47.5 Å². The molecule has 1 aromatic rings. The molecular formula is C26H34F3N. The smallest absolute Gasteiger partial charge is 0.193 e. The van der Waals surface area contributed by atoms with E-state index in [9.17, 15) is 13.2 Å². The fourth-order valence-corrected chi connectivity index (χ4v) is 5.48. The Morgan fingerprint density at radius 2 is 1.30 bits per heavy atom. The first-order chi connectivity index (χ1) is 14.5. The predicted octanol–water partition coefficient (Wildman–Crippen LogP) is 8.43. The average Bonchev–Trinajstić information content (AvgIpc) is 2.76. The van der Waals surface area contributed by atoms with Gasteiger partial charge in [-0.15, -0.1) is 0 Å². The molecule has 0 N–H and O–H groups in total. The van der Waals surface area contributed by atoms with Crippen LogP contribution in [-0.2, 0) is 6.18 Å². The normalized spacial score (nSPS) is 27.8. The van der Waals surface area contributed by atoms with Crippen LogP contribution in [0, 0.1) is 29.1 Å². The Balaban J connectivity index is 1.33. The monoisotopic (exact) mass is 417 g/mol. The van der Waals surface area contributed by atoms with E-state index in [0.29, 0.717) is 5.92 Å². The zero-order chi connectivity index (χ0) is 21.4. The van der Waals surface area contributed by atoms with Crippen LogP contribution in [0.2, 0.25) is 0 Å². The summed E-state index contributed by atoms with van der Waals surface area (Å²) in [7, 11) is 0. The summed E-state index contributed by atoms with van der Waals surface area (Å²) < 4.78 is 38.2. The van der Waals surface area contributed by atoms with Crippen molar-refractivity contribution in [3.63, 3.8) is 0 Å². The van der Waals surface area contributed by atoms with Crippen molar-refractivity contribution >= 4 is 0 Å². The Labute approximate surface area is 179 Å². The lowest BCUT2D eigenvalue weighted by Crippen LogP contribution is -2.18. The van der Waals surface area contributed by atoms with Gasteiger partial charge in [-0.25, -0.2) is 0 Å². The minimum absolute atomic E-state index is 0.425. The first-order valence-electron chi connectivity index (χ1n) is 11.7. The predicted molar refractivity (Wildman–Crippen MR) is 115 cm³/mol. The zero-order valence-corrected chi connectivity index (χ0v) is 17.8. The maximum Gasteiger partial charge on any atom is 0.416 e. The van der Waals surface area contributed by atoms with Gasteiger partial charge in [0.15, 0.2) is 0 Å². The SMILES string of the molecule is N#C/C=C/CCC1CCC(CCC2CCC(c3ccc(C(F)(F)F)cc3)CC2)CC1. The van der Waals surface area contributed by atoms with Crippen LogP contribution in [0.3, 0.4) is 0 Å². The fourth-order valence-electron chi connectivity index (χ4n) is 5.48. The number of allylic oxidation sites excluding steroid dienone is 2. The Bertz CT molecular complexity index is 697. The Morgan fingerprint density at radius 1 is 0.800 bits per heavy atom. The molecule has 4 heteroatoms. The summed E-state index contributed by atoms with van der Waals surface area (Å²) in [6.45, 7) is 0. The molecule has 0 amide bonds. The van der Waals surface area contributed by atoms with E-state index in [2.05, 4.69) is 6.07 Å². The lowest BCUT2D eigenvalue weighted by atomic mass is 9.74. The highest BCUT2D eigenvalue weighted by Gasteiger charge is 2.31. The first-order valence-corrected chi connectivity index (χ1v) is 11.7. The molecule has 0 atom stereocenters. The van der Waals surface area contributed by atoms with Crippen LogP contribution < -0.4 is 0 Å². The molecule has 2 aliphatic rings. The minimum atomic E-state index is -4.25. The van der Waals surface area contributed by atoms with E-state index in [1.54, 1.807) is 18.2 Å². The van der Waals surface area contributed by atoms with Crippen LogP contribution in [0.5, 0.6) is 0 Å². The third-order valence-corrected chi connectivity index (χ3v) is 7.44. The molecule has 2 fully saturated rings. The highest BCUT2D eigenvalue weighted by atomic mass is 19.4. The highest BCUT2D eigenvalue weighted by molar-refractivity contribution is 5.27. The Hall–Kier alpha value is -1.76. The van der Waals surface area contributed by atoms with Gasteiger partial charge in [-0.1, -0.05) is 56.7 Å². The number of rotatable bonds is 7. The summed E-state index contributed by atoms with van der Waals surface area (Å²) in [5.41, 5.74) is 0.526. The van der Waals surface area contributed by atoms with Gasteiger partial charge in [0.05, 0.1) is 11.6 Å². The number of halogens is 3. The van der Waals surface area contributed by atoms with Crippen molar-refractivity contribution in [1.29, 1.82) is 5.26 Å². The molecule has 0 bridgehead atoms. The second kappa shape index (κ2) is 11.0. The van der Waals surface area contributed by atoms with Crippen LogP contribution in [0.1, 0.15) is 94.1 Å². The van der Waals surface area contributed by atoms with Crippen molar-refractivity contribution in [2.45, 2.75) is 89.1 Å². The molecule has 0 saturated heterocycles. The number of nitrogens with zero attached hydrogens (tertiary/aromatic N) is 1. The number of nitriles is 1. The molecule has 0 heterocycles. The average molecular weight is 418 g/mol. The molecule has 2 aliphatic carbocycles. The summed E-state index contributed by atoms with van der Waals surface area (Å²) in [5.74, 6) is 2.94. The van der Waals surface area contributed by atoms with E-state index in [0.717, 1.165) is 42.6 Å². The van der Waals surface area contributed by atoms with Crippen LogP contribution in [0.4, 0.5) is 13.2 Å². The van der Waals surface area contributed by atoms with Crippen LogP contribution in [-0.4, -0.2) is 0 Å². The van der Waals surface area contributed by atoms with Crippen LogP contribution >= 0.6 is 0 Å².